The number of nitrogens with zero attached hydrogens (tertiary/aromatic N) is 5. The van der Waals surface area contributed by atoms with E-state index in [2.05, 4.69) is 15.4 Å². The lowest BCUT2D eigenvalue weighted by molar-refractivity contribution is 0.918. The Morgan fingerprint density at radius 2 is 2.00 bits per heavy atom. The Morgan fingerprint density at radius 1 is 1.38 bits per heavy atom. The molecular formula is C9H11N7. The van der Waals surface area contributed by atoms with Crippen molar-refractivity contribution in [2.75, 3.05) is 23.4 Å². The molecular weight excluding hydrogens is 206 g/mol. The Morgan fingerprint density at radius 3 is 2.50 bits per heavy atom. The largest absolute Gasteiger partial charge is 0.330 e. The van der Waals surface area contributed by atoms with Crippen molar-refractivity contribution in [3.8, 4) is 12.1 Å². The third-order valence-electron chi connectivity index (χ3n) is 1.82. The molecule has 82 valence electrons. The highest BCUT2D eigenvalue weighted by Crippen LogP contribution is 2.13. The number of nitriles is 2. The minimum atomic E-state index is 0.0913. The Kier molecular flexibility index (Phi) is 4.01. The molecule has 1 heterocycles. The van der Waals surface area contributed by atoms with Gasteiger partial charge in [0.05, 0.1) is 12.1 Å². The molecule has 0 amide bonds. The molecule has 0 bridgehead atoms. The first-order chi connectivity index (χ1) is 7.71. The molecule has 0 aromatic carbocycles. The van der Waals surface area contributed by atoms with Gasteiger partial charge in [0, 0.05) is 11.8 Å². The molecule has 0 aliphatic carbocycles. The molecule has 0 aliphatic heterocycles. The second-order valence-corrected chi connectivity index (χ2v) is 3.01. The van der Waals surface area contributed by atoms with Crippen LogP contribution < -0.4 is 16.2 Å². The SMILES string of the molecule is Cc1cc(N(CC#N)CC#N)nc(NN)n1. The van der Waals surface area contributed by atoms with E-state index in [4.69, 9.17) is 16.4 Å². The van der Waals surface area contributed by atoms with Crippen LogP contribution in [0.4, 0.5) is 11.8 Å². The summed E-state index contributed by atoms with van der Waals surface area (Å²) in [5, 5.41) is 17.3. The summed E-state index contributed by atoms with van der Waals surface area (Å²) in [6, 6.07) is 5.63. The minimum Gasteiger partial charge on any atom is -0.330 e. The first kappa shape index (κ1) is 11.7. The maximum absolute atomic E-state index is 8.64. The molecule has 0 unspecified atom stereocenters. The van der Waals surface area contributed by atoms with E-state index in [0.717, 1.165) is 0 Å². The van der Waals surface area contributed by atoms with Gasteiger partial charge < -0.3 is 4.90 Å². The van der Waals surface area contributed by atoms with Crippen molar-refractivity contribution in [2.45, 2.75) is 6.92 Å². The molecule has 0 saturated carbocycles. The highest BCUT2D eigenvalue weighted by molar-refractivity contribution is 5.46. The van der Waals surface area contributed by atoms with Gasteiger partial charge in [0.1, 0.15) is 18.9 Å². The van der Waals surface area contributed by atoms with Crippen LogP contribution in [0.2, 0.25) is 0 Å². The van der Waals surface area contributed by atoms with E-state index >= 15 is 0 Å². The van der Waals surface area contributed by atoms with Crippen LogP contribution in [0.15, 0.2) is 6.07 Å². The van der Waals surface area contributed by atoms with Crippen molar-refractivity contribution in [3.63, 3.8) is 0 Å². The highest BCUT2D eigenvalue weighted by Gasteiger charge is 2.09. The molecule has 0 saturated heterocycles. The third kappa shape index (κ3) is 2.80. The number of nitrogen functional groups attached to an aromatic ring is 1. The Balaban J connectivity index is 3.04. The molecule has 0 spiro atoms. The van der Waals surface area contributed by atoms with Crippen molar-refractivity contribution in [1.29, 1.82) is 10.5 Å². The molecule has 1 aromatic heterocycles. The molecule has 0 atom stereocenters. The molecule has 1 rings (SSSR count). The van der Waals surface area contributed by atoms with Gasteiger partial charge in [-0.05, 0) is 6.92 Å². The van der Waals surface area contributed by atoms with Crippen LogP contribution in [0.3, 0.4) is 0 Å². The van der Waals surface area contributed by atoms with Crippen molar-refractivity contribution in [3.05, 3.63) is 11.8 Å². The zero-order valence-electron chi connectivity index (χ0n) is 8.80. The normalized spacial score (nSPS) is 9.00. The van der Waals surface area contributed by atoms with E-state index in [9.17, 15) is 0 Å². The molecule has 7 heteroatoms. The number of hydrazine groups is 1. The van der Waals surface area contributed by atoms with Crippen molar-refractivity contribution in [1.82, 2.24) is 9.97 Å². The molecule has 0 aliphatic rings. The fraction of sp³-hybridized carbons (Fsp3) is 0.333. The Labute approximate surface area is 93.1 Å². The summed E-state index contributed by atoms with van der Waals surface area (Å²) in [5.41, 5.74) is 3.04. The van der Waals surface area contributed by atoms with Gasteiger partial charge in [-0.2, -0.15) is 15.5 Å². The van der Waals surface area contributed by atoms with E-state index in [-0.39, 0.29) is 19.0 Å². The van der Waals surface area contributed by atoms with Crippen molar-refractivity contribution in [2.24, 2.45) is 5.84 Å². The lowest BCUT2D eigenvalue weighted by Gasteiger charge is -2.17. The summed E-state index contributed by atoms with van der Waals surface area (Å²) in [4.78, 5) is 9.62. The molecule has 7 nitrogen and oxygen atoms in total. The number of nitrogens with one attached hydrogen (secondary N) is 1. The summed E-state index contributed by atoms with van der Waals surface area (Å²) in [6.07, 6.45) is 0. The van der Waals surface area contributed by atoms with Crippen LogP contribution in [0.5, 0.6) is 0 Å². The van der Waals surface area contributed by atoms with E-state index in [1.54, 1.807) is 13.0 Å². The summed E-state index contributed by atoms with van der Waals surface area (Å²) >= 11 is 0. The van der Waals surface area contributed by atoms with Crippen LogP contribution in [0.1, 0.15) is 5.69 Å². The van der Waals surface area contributed by atoms with Gasteiger partial charge in [-0.15, -0.1) is 0 Å². The van der Waals surface area contributed by atoms with Crippen molar-refractivity contribution < 1.29 is 0 Å². The van der Waals surface area contributed by atoms with Gasteiger partial charge in [-0.1, -0.05) is 0 Å². The van der Waals surface area contributed by atoms with Crippen molar-refractivity contribution >= 4 is 11.8 Å². The van der Waals surface area contributed by atoms with Gasteiger partial charge in [-0.3, -0.25) is 5.43 Å². The maximum Gasteiger partial charge on any atom is 0.239 e. The van der Waals surface area contributed by atoms with Gasteiger partial charge in [0.2, 0.25) is 5.95 Å². The van der Waals surface area contributed by atoms with Crippen LogP contribution in [0, 0.1) is 29.6 Å². The highest BCUT2D eigenvalue weighted by atomic mass is 15.3. The average Bonchev–Trinajstić information content (AvgIpc) is 2.28. The van der Waals surface area contributed by atoms with E-state index < -0.39 is 0 Å². The van der Waals surface area contributed by atoms with Gasteiger partial charge in [0.15, 0.2) is 0 Å². The fourth-order valence-electron chi connectivity index (χ4n) is 1.17. The van der Waals surface area contributed by atoms with E-state index in [0.29, 0.717) is 11.5 Å². The topological polar surface area (TPSA) is 115 Å². The van der Waals surface area contributed by atoms with Gasteiger partial charge >= 0.3 is 0 Å². The number of hydrogen-bond donors (Lipinski definition) is 2. The lowest BCUT2D eigenvalue weighted by atomic mass is 10.4. The zero-order chi connectivity index (χ0) is 12.0. The zero-order valence-corrected chi connectivity index (χ0v) is 8.80. The molecule has 16 heavy (non-hydrogen) atoms. The van der Waals surface area contributed by atoms with Crippen LogP contribution >= 0.6 is 0 Å². The van der Waals surface area contributed by atoms with Gasteiger partial charge in [-0.25, -0.2) is 10.8 Å². The molecule has 3 N–H and O–H groups in total. The van der Waals surface area contributed by atoms with Gasteiger partial charge in [0.25, 0.3) is 0 Å². The quantitative estimate of drug-likeness (QED) is 0.412. The molecule has 0 radical (unpaired) electrons. The van der Waals surface area contributed by atoms with Crippen LogP contribution in [-0.2, 0) is 0 Å². The second-order valence-electron chi connectivity index (χ2n) is 3.01. The van der Waals surface area contributed by atoms with Crippen LogP contribution in [0.25, 0.3) is 0 Å². The Hall–Kier alpha value is -2.38. The summed E-state index contributed by atoms with van der Waals surface area (Å²) in [5.74, 6) is 5.98. The summed E-state index contributed by atoms with van der Waals surface area (Å²) < 4.78 is 0. The average molecular weight is 217 g/mol. The Bertz CT molecular complexity index is 426. The standard InChI is InChI=1S/C9H11N7/c1-7-6-8(14-9(13-7)15-12)16(4-2-10)5-3-11/h6H,4-5,12H2,1H3,(H,13,14,15). The number of rotatable bonds is 4. The third-order valence-corrected chi connectivity index (χ3v) is 1.82. The fourth-order valence-corrected chi connectivity index (χ4v) is 1.17. The maximum atomic E-state index is 8.64. The number of aromatic nitrogens is 2. The molecule has 0 fully saturated rings. The number of hydrogen-bond acceptors (Lipinski definition) is 7. The van der Waals surface area contributed by atoms with Crippen LogP contribution in [-0.4, -0.2) is 23.1 Å². The molecule has 1 aromatic rings. The predicted molar refractivity (Wildman–Crippen MR) is 58.0 cm³/mol. The first-order valence-electron chi connectivity index (χ1n) is 4.52. The first-order valence-corrected chi connectivity index (χ1v) is 4.52. The number of nitrogens with two attached hydrogens (primary N) is 1. The minimum absolute atomic E-state index is 0.0913. The van der Waals surface area contributed by atoms with E-state index in [1.807, 2.05) is 12.1 Å². The summed E-state index contributed by atoms with van der Waals surface area (Å²) in [7, 11) is 0. The number of anilines is 2. The van der Waals surface area contributed by atoms with E-state index in [1.165, 1.54) is 4.90 Å². The summed E-state index contributed by atoms with van der Waals surface area (Å²) in [6.45, 7) is 1.96. The predicted octanol–water partition coefficient (Wildman–Crippen LogP) is -0.0758. The number of aryl methyl sites for hydroxylation is 1. The second kappa shape index (κ2) is 5.49. The smallest absolute Gasteiger partial charge is 0.239 e. The lowest BCUT2D eigenvalue weighted by Crippen LogP contribution is -2.25. The monoisotopic (exact) mass is 217 g/mol.